The minimum Gasteiger partial charge on any atom is -0.478 e. The molecule has 1 saturated carbocycles. The molecule has 5 nitrogen and oxygen atoms in total. The average Bonchev–Trinajstić information content (AvgIpc) is 3.12. The zero-order valence-corrected chi connectivity index (χ0v) is 11.3. The summed E-state index contributed by atoms with van der Waals surface area (Å²) >= 11 is 5.79. The molecule has 1 aromatic rings. The van der Waals surface area contributed by atoms with Gasteiger partial charge in [-0.15, -0.1) is 0 Å². The third-order valence-electron chi connectivity index (χ3n) is 2.92. The molecular formula is C13H15ClN2O3. The van der Waals surface area contributed by atoms with E-state index in [0.29, 0.717) is 16.8 Å². The molecule has 0 radical (unpaired) electrons. The summed E-state index contributed by atoms with van der Waals surface area (Å²) in [6, 6.07) is 4.90. The van der Waals surface area contributed by atoms with Crippen molar-refractivity contribution in [3.05, 3.63) is 28.8 Å². The lowest BCUT2D eigenvalue weighted by Gasteiger charge is -2.20. The Kier molecular flexibility index (Phi) is 3.95. The Morgan fingerprint density at radius 1 is 1.47 bits per heavy atom. The molecule has 0 saturated heterocycles. The molecule has 0 heterocycles. The van der Waals surface area contributed by atoms with Gasteiger partial charge in [0, 0.05) is 18.1 Å². The summed E-state index contributed by atoms with van der Waals surface area (Å²) in [6.45, 7) is 0.123. The van der Waals surface area contributed by atoms with Gasteiger partial charge in [-0.2, -0.15) is 0 Å². The summed E-state index contributed by atoms with van der Waals surface area (Å²) in [6.07, 6.45) is 2.05. The van der Waals surface area contributed by atoms with Gasteiger partial charge >= 0.3 is 5.97 Å². The molecule has 1 aliphatic carbocycles. The van der Waals surface area contributed by atoms with Gasteiger partial charge in [-0.05, 0) is 31.0 Å². The van der Waals surface area contributed by atoms with Gasteiger partial charge < -0.3 is 15.3 Å². The maximum absolute atomic E-state index is 11.7. The number of amides is 1. The van der Waals surface area contributed by atoms with E-state index in [4.69, 9.17) is 16.7 Å². The van der Waals surface area contributed by atoms with Crippen molar-refractivity contribution in [3.8, 4) is 0 Å². The number of aromatic carboxylic acids is 1. The normalized spacial score (nSPS) is 14.0. The van der Waals surface area contributed by atoms with Crippen molar-refractivity contribution in [2.45, 2.75) is 18.9 Å². The first-order valence-corrected chi connectivity index (χ1v) is 6.38. The van der Waals surface area contributed by atoms with Crippen LogP contribution < -0.4 is 10.2 Å². The molecule has 1 fully saturated rings. The van der Waals surface area contributed by atoms with Crippen LogP contribution in [0.4, 0.5) is 5.69 Å². The van der Waals surface area contributed by atoms with E-state index < -0.39 is 5.97 Å². The van der Waals surface area contributed by atoms with Crippen molar-refractivity contribution in [3.63, 3.8) is 0 Å². The third-order valence-corrected chi connectivity index (χ3v) is 3.16. The van der Waals surface area contributed by atoms with Gasteiger partial charge in [-0.25, -0.2) is 4.79 Å². The summed E-state index contributed by atoms with van der Waals surface area (Å²) in [4.78, 5) is 24.5. The number of anilines is 1. The molecule has 0 aromatic heterocycles. The topological polar surface area (TPSA) is 69.6 Å². The van der Waals surface area contributed by atoms with Crippen LogP contribution in [0, 0.1) is 0 Å². The molecule has 19 heavy (non-hydrogen) atoms. The number of hydrogen-bond acceptors (Lipinski definition) is 3. The predicted molar refractivity (Wildman–Crippen MR) is 72.8 cm³/mol. The monoisotopic (exact) mass is 282 g/mol. The lowest BCUT2D eigenvalue weighted by atomic mass is 10.1. The van der Waals surface area contributed by atoms with Crippen molar-refractivity contribution in [2.75, 3.05) is 18.5 Å². The van der Waals surface area contributed by atoms with Crippen molar-refractivity contribution in [1.29, 1.82) is 0 Å². The second-order valence-corrected chi connectivity index (χ2v) is 5.10. The van der Waals surface area contributed by atoms with Crippen LogP contribution in [0.1, 0.15) is 23.2 Å². The SMILES string of the molecule is CN(CC(=O)NC1CC1)c1ccc(Cl)cc1C(=O)O. The molecule has 0 spiro atoms. The van der Waals surface area contributed by atoms with E-state index in [1.54, 1.807) is 24.1 Å². The number of halogens is 1. The predicted octanol–water partition coefficient (Wildman–Crippen LogP) is 1.75. The van der Waals surface area contributed by atoms with Crippen molar-refractivity contribution < 1.29 is 14.7 Å². The second kappa shape index (κ2) is 5.48. The molecular weight excluding hydrogens is 268 g/mol. The molecule has 2 N–H and O–H groups in total. The molecule has 6 heteroatoms. The number of hydrogen-bond donors (Lipinski definition) is 2. The maximum Gasteiger partial charge on any atom is 0.337 e. The van der Waals surface area contributed by atoms with E-state index in [-0.39, 0.29) is 18.0 Å². The summed E-state index contributed by atoms with van der Waals surface area (Å²) in [5, 5.41) is 12.4. The van der Waals surface area contributed by atoms with Crippen LogP contribution in [-0.4, -0.2) is 36.6 Å². The fourth-order valence-corrected chi connectivity index (χ4v) is 1.99. The Bertz CT molecular complexity index is 515. The number of carboxylic acid groups (broad SMARTS) is 1. The van der Waals surface area contributed by atoms with Gasteiger partial charge in [0.05, 0.1) is 17.8 Å². The number of benzene rings is 1. The van der Waals surface area contributed by atoms with E-state index in [9.17, 15) is 9.59 Å². The fraction of sp³-hybridized carbons (Fsp3) is 0.385. The van der Waals surface area contributed by atoms with E-state index in [1.807, 2.05) is 0 Å². The minimum absolute atomic E-state index is 0.0919. The molecule has 1 aromatic carbocycles. The molecule has 0 bridgehead atoms. The smallest absolute Gasteiger partial charge is 0.337 e. The van der Waals surface area contributed by atoms with Crippen LogP contribution in [0.25, 0.3) is 0 Å². The van der Waals surface area contributed by atoms with Crippen LogP contribution in [0.3, 0.4) is 0 Å². The first kappa shape index (κ1) is 13.7. The largest absolute Gasteiger partial charge is 0.478 e. The summed E-state index contributed by atoms with van der Waals surface area (Å²) in [5.41, 5.74) is 0.567. The quantitative estimate of drug-likeness (QED) is 0.863. The number of rotatable bonds is 5. The Balaban J connectivity index is 2.10. The van der Waals surface area contributed by atoms with Crippen LogP contribution >= 0.6 is 11.6 Å². The number of carbonyl (C=O) groups excluding carboxylic acids is 1. The van der Waals surface area contributed by atoms with Crippen molar-refractivity contribution >= 4 is 29.2 Å². The number of nitrogens with one attached hydrogen (secondary N) is 1. The van der Waals surface area contributed by atoms with E-state index in [1.165, 1.54) is 6.07 Å². The standard InChI is InChI=1S/C13H15ClN2O3/c1-16(7-12(17)15-9-3-4-9)11-5-2-8(14)6-10(11)13(18)19/h2,5-6,9H,3-4,7H2,1H3,(H,15,17)(H,18,19). The van der Waals surface area contributed by atoms with Gasteiger partial charge in [-0.3, -0.25) is 4.79 Å². The molecule has 1 aliphatic rings. The lowest BCUT2D eigenvalue weighted by Crippen LogP contribution is -2.36. The van der Waals surface area contributed by atoms with Crippen LogP contribution in [0.15, 0.2) is 18.2 Å². The highest BCUT2D eigenvalue weighted by atomic mass is 35.5. The highest BCUT2D eigenvalue weighted by Crippen LogP contribution is 2.24. The zero-order valence-electron chi connectivity index (χ0n) is 10.5. The van der Waals surface area contributed by atoms with Gasteiger partial charge in [0.1, 0.15) is 0 Å². The maximum atomic E-state index is 11.7. The average molecular weight is 283 g/mol. The van der Waals surface area contributed by atoms with Crippen LogP contribution in [-0.2, 0) is 4.79 Å². The molecule has 0 atom stereocenters. The first-order valence-electron chi connectivity index (χ1n) is 6.00. The Morgan fingerprint density at radius 2 is 2.16 bits per heavy atom. The molecule has 0 aliphatic heterocycles. The highest BCUT2D eigenvalue weighted by Gasteiger charge is 2.24. The zero-order chi connectivity index (χ0) is 14.0. The van der Waals surface area contributed by atoms with Crippen molar-refractivity contribution in [2.24, 2.45) is 0 Å². The van der Waals surface area contributed by atoms with Gasteiger partial charge in [0.2, 0.25) is 5.91 Å². The summed E-state index contributed by atoms with van der Waals surface area (Å²) in [7, 11) is 1.68. The Labute approximate surface area is 116 Å². The van der Waals surface area contributed by atoms with Crippen LogP contribution in [0.2, 0.25) is 5.02 Å². The second-order valence-electron chi connectivity index (χ2n) is 4.66. The first-order chi connectivity index (χ1) is 8.97. The summed E-state index contributed by atoms with van der Waals surface area (Å²) in [5.74, 6) is -1.16. The van der Waals surface area contributed by atoms with E-state index >= 15 is 0 Å². The van der Waals surface area contributed by atoms with Gasteiger partial charge in [0.25, 0.3) is 0 Å². The molecule has 1 amide bonds. The minimum atomic E-state index is -1.06. The van der Waals surface area contributed by atoms with Gasteiger partial charge in [-0.1, -0.05) is 11.6 Å². The van der Waals surface area contributed by atoms with Crippen molar-refractivity contribution in [1.82, 2.24) is 5.32 Å². The number of carboxylic acids is 1. The number of nitrogens with zero attached hydrogens (tertiary/aromatic N) is 1. The van der Waals surface area contributed by atoms with Gasteiger partial charge in [0.15, 0.2) is 0 Å². The fourth-order valence-electron chi connectivity index (χ4n) is 1.81. The molecule has 2 rings (SSSR count). The molecule has 0 unspecified atom stereocenters. The van der Waals surface area contributed by atoms with E-state index in [0.717, 1.165) is 12.8 Å². The molecule has 102 valence electrons. The lowest BCUT2D eigenvalue weighted by molar-refractivity contribution is -0.119. The summed E-state index contributed by atoms with van der Waals surface area (Å²) < 4.78 is 0. The number of likely N-dealkylation sites (N-methyl/N-ethyl adjacent to an activating group) is 1. The van der Waals surface area contributed by atoms with Crippen LogP contribution in [0.5, 0.6) is 0 Å². The Hall–Kier alpha value is -1.75. The Morgan fingerprint density at radius 3 is 2.74 bits per heavy atom. The third kappa shape index (κ3) is 3.61. The highest BCUT2D eigenvalue weighted by molar-refractivity contribution is 6.31. The number of carbonyl (C=O) groups is 2. The van der Waals surface area contributed by atoms with E-state index in [2.05, 4.69) is 5.32 Å².